The number of hydrogen-bond acceptors (Lipinski definition) is 5. The minimum absolute atomic E-state index is 0.174. The van der Waals surface area contributed by atoms with Crippen molar-refractivity contribution in [2.45, 2.75) is 11.8 Å². The fourth-order valence-electron chi connectivity index (χ4n) is 2.31. The van der Waals surface area contributed by atoms with Crippen LogP contribution in [0.3, 0.4) is 0 Å². The standard InChI is InChI=1S/C18H16N2O4S/c1-12-19-17(11-24-12)14-4-3-5-15(10-14)20-18(21)13-6-8-16(9-7-13)25(2,22)23/h3-11H,1-2H3,(H,20,21). The summed E-state index contributed by atoms with van der Waals surface area (Å²) >= 11 is 0. The first-order chi connectivity index (χ1) is 11.8. The molecule has 128 valence electrons. The SMILES string of the molecule is Cc1nc(-c2cccc(NC(=O)c3ccc(S(C)(=O)=O)cc3)c2)co1. The van der Waals surface area contributed by atoms with Crippen LogP contribution in [0.2, 0.25) is 0 Å². The molecule has 0 fully saturated rings. The lowest BCUT2D eigenvalue weighted by Crippen LogP contribution is -2.12. The van der Waals surface area contributed by atoms with Gasteiger partial charge in [-0.25, -0.2) is 13.4 Å². The predicted octanol–water partition coefficient (Wildman–Crippen LogP) is 3.31. The second-order valence-corrected chi connectivity index (χ2v) is 7.60. The number of rotatable bonds is 4. The molecule has 0 saturated heterocycles. The van der Waals surface area contributed by atoms with Crippen molar-refractivity contribution in [3.63, 3.8) is 0 Å². The maximum absolute atomic E-state index is 12.3. The first-order valence-corrected chi connectivity index (χ1v) is 9.36. The smallest absolute Gasteiger partial charge is 0.255 e. The van der Waals surface area contributed by atoms with Crippen molar-refractivity contribution in [1.29, 1.82) is 0 Å². The zero-order chi connectivity index (χ0) is 18.0. The van der Waals surface area contributed by atoms with Crippen molar-refractivity contribution in [3.05, 3.63) is 66.2 Å². The molecule has 2 aromatic carbocycles. The van der Waals surface area contributed by atoms with Gasteiger partial charge < -0.3 is 9.73 Å². The van der Waals surface area contributed by atoms with Crippen molar-refractivity contribution in [1.82, 2.24) is 4.98 Å². The van der Waals surface area contributed by atoms with Crippen LogP contribution < -0.4 is 5.32 Å². The summed E-state index contributed by atoms with van der Waals surface area (Å²) in [6.45, 7) is 1.76. The topological polar surface area (TPSA) is 89.3 Å². The normalized spacial score (nSPS) is 11.3. The van der Waals surface area contributed by atoms with Crippen LogP contribution in [0.5, 0.6) is 0 Å². The van der Waals surface area contributed by atoms with E-state index in [9.17, 15) is 13.2 Å². The van der Waals surface area contributed by atoms with Crippen LogP contribution in [0.4, 0.5) is 5.69 Å². The summed E-state index contributed by atoms with van der Waals surface area (Å²) in [5, 5.41) is 2.79. The molecule has 0 spiro atoms. The van der Waals surface area contributed by atoms with Crippen LogP contribution in [-0.4, -0.2) is 25.6 Å². The molecule has 1 N–H and O–H groups in total. The van der Waals surface area contributed by atoms with Gasteiger partial charge in [0.1, 0.15) is 12.0 Å². The maximum atomic E-state index is 12.3. The highest BCUT2D eigenvalue weighted by atomic mass is 32.2. The van der Waals surface area contributed by atoms with E-state index in [0.29, 0.717) is 22.8 Å². The van der Waals surface area contributed by atoms with Crippen LogP contribution in [0.1, 0.15) is 16.2 Å². The van der Waals surface area contributed by atoms with E-state index in [-0.39, 0.29) is 10.8 Å². The van der Waals surface area contributed by atoms with Gasteiger partial charge in [0.2, 0.25) is 0 Å². The number of anilines is 1. The van der Waals surface area contributed by atoms with Gasteiger partial charge in [0.05, 0.1) is 4.90 Å². The van der Waals surface area contributed by atoms with E-state index in [1.54, 1.807) is 25.3 Å². The molecule has 1 heterocycles. The van der Waals surface area contributed by atoms with E-state index in [4.69, 9.17) is 4.42 Å². The summed E-state index contributed by atoms with van der Waals surface area (Å²) in [6.07, 6.45) is 2.68. The van der Waals surface area contributed by atoms with Gasteiger partial charge in [-0.05, 0) is 36.4 Å². The Bertz CT molecular complexity index is 1020. The van der Waals surface area contributed by atoms with Gasteiger partial charge in [0.15, 0.2) is 15.7 Å². The van der Waals surface area contributed by atoms with Crippen LogP contribution in [-0.2, 0) is 9.84 Å². The number of aryl methyl sites for hydroxylation is 1. The molecule has 0 unspecified atom stereocenters. The molecule has 0 aliphatic carbocycles. The fourth-order valence-corrected chi connectivity index (χ4v) is 2.94. The van der Waals surface area contributed by atoms with Crippen LogP contribution in [0.15, 0.2) is 64.1 Å². The highest BCUT2D eigenvalue weighted by Gasteiger charge is 2.11. The van der Waals surface area contributed by atoms with Crippen molar-refractivity contribution in [2.75, 3.05) is 11.6 Å². The number of carbonyl (C=O) groups is 1. The first-order valence-electron chi connectivity index (χ1n) is 7.47. The molecule has 3 aromatic rings. The van der Waals surface area contributed by atoms with Crippen LogP contribution >= 0.6 is 0 Å². The van der Waals surface area contributed by atoms with Crippen molar-refractivity contribution >= 4 is 21.4 Å². The Balaban J connectivity index is 1.79. The molecule has 6 nitrogen and oxygen atoms in total. The average molecular weight is 356 g/mol. The number of hydrogen-bond donors (Lipinski definition) is 1. The van der Waals surface area contributed by atoms with Gasteiger partial charge in [-0.15, -0.1) is 0 Å². The highest BCUT2D eigenvalue weighted by molar-refractivity contribution is 7.90. The monoisotopic (exact) mass is 356 g/mol. The first kappa shape index (κ1) is 16.9. The summed E-state index contributed by atoms with van der Waals surface area (Å²) in [7, 11) is -3.29. The lowest BCUT2D eigenvalue weighted by atomic mass is 10.1. The van der Waals surface area contributed by atoms with Gasteiger partial charge in [-0.2, -0.15) is 0 Å². The lowest BCUT2D eigenvalue weighted by Gasteiger charge is -2.07. The summed E-state index contributed by atoms with van der Waals surface area (Å²) < 4.78 is 28.1. The Morgan fingerprint density at radius 3 is 2.44 bits per heavy atom. The third kappa shape index (κ3) is 3.95. The van der Waals surface area contributed by atoms with Gasteiger partial charge in [0, 0.05) is 30.0 Å². The quantitative estimate of drug-likeness (QED) is 0.775. The summed E-state index contributed by atoms with van der Waals surface area (Å²) in [4.78, 5) is 16.8. The third-order valence-corrected chi connectivity index (χ3v) is 4.71. The molecule has 0 radical (unpaired) electrons. The van der Waals surface area contributed by atoms with Crippen molar-refractivity contribution < 1.29 is 17.6 Å². The largest absolute Gasteiger partial charge is 0.449 e. The Kier molecular flexibility index (Phi) is 4.41. The van der Waals surface area contributed by atoms with Gasteiger partial charge >= 0.3 is 0 Å². The minimum Gasteiger partial charge on any atom is -0.449 e. The second kappa shape index (κ2) is 6.52. The van der Waals surface area contributed by atoms with E-state index in [1.165, 1.54) is 24.3 Å². The Morgan fingerprint density at radius 1 is 1.12 bits per heavy atom. The Labute approximate surface area is 145 Å². The molecule has 1 amide bonds. The van der Waals surface area contributed by atoms with E-state index >= 15 is 0 Å². The van der Waals surface area contributed by atoms with Crippen molar-refractivity contribution in [2.24, 2.45) is 0 Å². The average Bonchev–Trinajstić information content (AvgIpc) is 3.01. The molecule has 3 rings (SSSR count). The number of oxazole rings is 1. The van der Waals surface area contributed by atoms with E-state index in [0.717, 1.165) is 11.8 Å². The van der Waals surface area contributed by atoms with Gasteiger partial charge in [0.25, 0.3) is 5.91 Å². The van der Waals surface area contributed by atoms with Gasteiger partial charge in [-0.3, -0.25) is 4.79 Å². The number of sulfone groups is 1. The molecule has 0 saturated carbocycles. The zero-order valence-corrected chi connectivity index (χ0v) is 14.5. The number of nitrogens with one attached hydrogen (secondary N) is 1. The fraction of sp³-hybridized carbons (Fsp3) is 0.111. The van der Waals surface area contributed by atoms with E-state index in [1.807, 2.05) is 12.1 Å². The van der Waals surface area contributed by atoms with E-state index in [2.05, 4.69) is 10.3 Å². The number of aromatic nitrogens is 1. The summed E-state index contributed by atoms with van der Waals surface area (Å²) in [5.74, 6) is 0.240. The van der Waals surface area contributed by atoms with Crippen LogP contribution in [0, 0.1) is 6.92 Å². The number of amides is 1. The van der Waals surface area contributed by atoms with Crippen LogP contribution in [0.25, 0.3) is 11.3 Å². The Morgan fingerprint density at radius 2 is 1.84 bits per heavy atom. The molecular formula is C18H16N2O4S. The maximum Gasteiger partial charge on any atom is 0.255 e. The molecule has 0 aliphatic rings. The second-order valence-electron chi connectivity index (χ2n) is 5.58. The minimum atomic E-state index is -3.29. The summed E-state index contributed by atoms with van der Waals surface area (Å²) in [6, 6.07) is 13.0. The third-order valence-electron chi connectivity index (χ3n) is 3.58. The highest BCUT2D eigenvalue weighted by Crippen LogP contribution is 2.22. The number of benzene rings is 2. The molecule has 7 heteroatoms. The zero-order valence-electron chi connectivity index (χ0n) is 13.7. The van der Waals surface area contributed by atoms with E-state index < -0.39 is 9.84 Å². The number of carbonyl (C=O) groups excluding carboxylic acids is 1. The molecule has 0 bridgehead atoms. The Hall–Kier alpha value is -2.93. The summed E-state index contributed by atoms with van der Waals surface area (Å²) in [5.41, 5.74) is 2.48. The predicted molar refractivity (Wildman–Crippen MR) is 94.2 cm³/mol. The molecule has 1 aromatic heterocycles. The molecular weight excluding hydrogens is 340 g/mol. The number of nitrogens with zero attached hydrogens (tertiary/aromatic N) is 1. The molecule has 25 heavy (non-hydrogen) atoms. The van der Waals surface area contributed by atoms with Gasteiger partial charge in [-0.1, -0.05) is 12.1 Å². The molecule has 0 aliphatic heterocycles. The van der Waals surface area contributed by atoms with Crippen molar-refractivity contribution in [3.8, 4) is 11.3 Å². The molecule has 0 atom stereocenters. The lowest BCUT2D eigenvalue weighted by molar-refractivity contribution is 0.102.